The van der Waals surface area contributed by atoms with Crippen LogP contribution in [0.3, 0.4) is 0 Å². The highest BCUT2D eigenvalue weighted by molar-refractivity contribution is 5.77. The zero-order valence-corrected chi connectivity index (χ0v) is 12.5. The van der Waals surface area contributed by atoms with Crippen molar-refractivity contribution in [2.45, 2.75) is 19.3 Å². The number of amides is 1. The highest BCUT2D eigenvalue weighted by Gasteiger charge is 2.17. The predicted octanol–water partition coefficient (Wildman–Crippen LogP) is 3.35. The van der Waals surface area contributed by atoms with E-state index < -0.39 is 0 Å². The molecule has 1 N–H and O–H groups in total. The molecule has 0 aliphatic rings. The first-order valence-electron chi connectivity index (χ1n) is 7.20. The molecule has 0 heterocycles. The Morgan fingerprint density at radius 2 is 1.67 bits per heavy atom. The molecule has 0 saturated heterocycles. The zero-order chi connectivity index (χ0) is 15.1. The maximum atomic E-state index is 12.0. The molecule has 2 aromatic rings. The van der Waals surface area contributed by atoms with Crippen molar-refractivity contribution in [2.75, 3.05) is 13.7 Å². The van der Waals surface area contributed by atoms with Gasteiger partial charge in [0.2, 0.25) is 5.91 Å². The van der Waals surface area contributed by atoms with Gasteiger partial charge in [0, 0.05) is 18.9 Å². The first-order valence-corrected chi connectivity index (χ1v) is 7.20. The number of rotatable bonds is 6. The highest BCUT2D eigenvalue weighted by atomic mass is 16.5. The normalized spacial score (nSPS) is 11.7. The number of ether oxygens (including phenoxy) is 1. The van der Waals surface area contributed by atoms with Gasteiger partial charge in [-0.05, 0) is 30.2 Å². The monoisotopic (exact) mass is 283 g/mol. The Bertz CT molecular complexity index is 564. The van der Waals surface area contributed by atoms with E-state index in [0.29, 0.717) is 13.0 Å². The van der Waals surface area contributed by atoms with E-state index in [1.165, 1.54) is 0 Å². The van der Waals surface area contributed by atoms with Gasteiger partial charge < -0.3 is 10.1 Å². The Morgan fingerprint density at radius 3 is 2.24 bits per heavy atom. The molecule has 3 heteroatoms. The summed E-state index contributed by atoms with van der Waals surface area (Å²) in [5.41, 5.74) is 2.27. The van der Waals surface area contributed by atoms with Crippen LogP contribution in [0, 0.1) is 0 Å². The Hall–Kier alpha value is -2.29. The summed E-state index contributed by atoms with van der Waals surface area (Å²) in [7, 11) is 1.65. The smallest absolute Gasteiger partial charge is 0.220 e. The van der Waals surface area contributed by atoms with E-state index >= 15 is 0 Å². The standard InChI is InChI=1S/C18H21NO2/c1-3-19-18(20)13-17(14-7-5-4-6-8-14)15-9-11-16(21-2)12-10-15/h4-12,17H,3,13H2,1-2H3,(H,19,20). The third kappa shape index (κ3) is 4.09. The van der Waals surface area contributed by atoms with Crippen LogP contribution in [0.1, 0.15) is 30.4 Å². The minimum absolute atomic E-state index is 0.0589. The Balaban J connectivity index is 2.28. The fourth-order valence-corrected chi connectivity index (χ4v) is 2.40. The molecule has 0 saturated carbocycles. The number of nitrogens with one attached hydrogen (secondary N) is 1. The van der Waals surface area contributed by atoms with Gasteiger partial charge in [0.15, 0.2) is 0 Å². The van der Waals surface area contributed by atoms with Crippen molar-refractivity contribution in [1.82, 2.24) is 5.32 Å². The molecule has 1 amide bonds. The van der Waals surface area contributed by atoms with Crippen molar-refractivity contribution >= 4 is 5.91 Å². The molecule has 0 fully saturated rings. The number of carbonyl (C=O) groups is 1. The van der Waals surface area contributed by atoms with Gasteiger partial charge in [-0.1, -0.05) is 42.5 Å². The molecular weight excluding hydrogens is 262 g/mol. The van der Waals surface area contributed by atoms with E-state index in [1.54, 1.807) is 7.11 Å². The van der Waals surface area contributed by atoms with Gasteiger partial charge in [-0.2, -0.15) is 0 Å². The summed E-state index contributed by atoms with van der Waals surface area (Å²) in [6.45, 7) is 2.59. The maximum Gasteiger partial charge on any atom is 0.220 e. The summed E-state index contributed by atoms with van der Waals surface area (Å²) in [5.74, 6) is 0.953. The number of hydrogen-bond acceptors (Lipinski definition) is 2. The van der Waals surface area contributed by atoms with Crippen LogP contribution in [0.2, 0.25) is 0 Å². The Labute approximate surface area is 126 Å². The van der Waals surface area contributed by atoms with Crippen molar-refractivity contribution in [3.05, 3.63) is 65.7 Å². The molecule has 21 heavy (non-hydrogen) atoms. The Kier molecular flexibility index (Phi) is 5.38. The molecule has 1 unspecified atom stereocenters. The van der Waals surface area contributed by atoms with Crippen molar-refractivity contribution in [1.29, 1.82) is 0 Å². The molecule has 0 bridgehead atoms. The fourth-order valence-electron chi connectivity index (χ4n) is 2.40. The topological polar surface area (TPSA) is 38.3 Å². The largest absolute Gasteiger partial charge is 0.497 e. The van der Waals surface area contributed by atoms with E-state index in [0.717, 1.165) is 16.9 Å². The van der Waals surface area contributed by atoms with Gasteiger partial charge in [0.05, 0.1) is 7.11 Å². The molecule has 2 aromatic carbocycles. The second kappa shape index (κ2) is 7.48. The lowest BCUT2D eigenvalue weighted by atomic mass is 9.88. The molecule has 110 valence electrons. The fraction of sp³-hybridized carbons (Fsp3) is 0.278. The summed E-state index contributed by atoms with van der Waals surface area (Å²) in [6.07, 6.45) is 0.449. The maximum absolute atomic E-state index is 12.0. The minimum Gasteiger partial charge on any atom is -0.497 e. The average Bonchev–Trinajstić information content (AvgIpc) is 2.54. The second-order valence-electron chi connectivity index (χ2n) is 4.89. The van der Waals surface area contributed by atoms with E-state index in [1.807, 2.05) is 49.4 Å². The van der Waals surface area contributed by atoms with Crippen LogP contribution in [0.15, 0.2) is 54.6 Å². The van der Waals surface area contributed by atoms with Crippen LogP contribution < -0.4 is 10.1 Å². The number of hydrogen-bond donors (Lipinski definition) is 1. The van der Waals surface area contributed by atoms with Crippen molar-refractivity contribution < 1.29 is 9.53 Å². The molecule has 0 spiro atoms. The van der Waals surface area contributed by atoms with Gasteiger partial charge in [-0.15, -0.1) is 0 Å². The first kappa shape index (κ1) is 15.1. The summed E-state index contributed by atoms with van der Waals surface area (Å²) in [6, 6.07) is 18.0. The molecule has 2 rings (SSSR count). The zero-order valence-electron chi connectivity index (χ0n) is 12.5. The lowest BCUT2D eigenvalue weighted by Gasteiger charge is -2.18. The predicted molar refractivity (Wildman–Crippen MR) is 84.6 cm³/mol. The van der Waals surface area contributed by atoms with E-state index in [2.05, 4.69) is 17.4 Å². The quantitative estimate of drug-likeness (QED) is 0.883. The summed E-state index contributed by atoms with van der Waals surface area (Å²) in [5, 5.41) is 2.87. The van der Waals surface area contributed by atoms with Crippen LogP contribution >= 0.6 is 0 Å². The number of methoxy groups -OCH3 is 1. The SMILES string of the molecule is CCNC(=O)CC(c1ccccc1)c1ccc(OC)cc1. The van der Waals surface area contributed by atoms with Gasteiger partial charge >= 0.3 is 0 Å². The molecule has 3 nitrogen and oxygen atoms in total. The van der Waals surface area contributed by atoms with E-state index in [-0.39, 0.29) is 11.8 Å². The minimum atomic E-state index is 0.0589. The van der Waals surface area contributed by atoms with Crippen LogP contribution in [0.4, 0.5) is 0 Å². The summed E-state index contributed by atoms with van der Waals surface area (Å²) >= 11 is 0. The molecular formula is C18H21NO2. The van der Waals surface area contributed by atoms with Crippen LogP contribution in [0.25, 0.3) is 0 Å². The molecule has 0 aromatic heterocycles. The van der Waals surface area contributed by atoms with Crippen LogP contribution in [-0.4, -0.2) is 19.6 Å². The van der Waals surface area contributed by atoms with Crippen LogP contribution in [0.5, 0.6) is 5.75 Å². The average molecular weight is 283 g/mol. The van der Waals surface area contributed by atoms with Gasteiger partial charge in [0.25, 0.3) is 0 Å². The molecule has 1 atom stereocenters. The summed E-state index contributed by atoms with van der Waals surface area (Å²) < 4.78 is 5.20. The number of carbonyl (C=O) groups excluding carboxylic acids is 1. The van der Waals surface area contributed by atoms with Crippen molar-refractivity contribution in [3.63, 3.8) is 0 Å². The highest BCUT2D eigenvalue weighted by Crippen LogP contribution is 2.29. The van der Waals surface area contributed by atoms with Crippen LogP contribution in [-0.2, 0) is 4.79 Å². The molecule has 0 aliphatic carbocycles. The van der Waals surface area contributed by atoms with E-state index in [4.69, 9.17) is 4.74 Å². The number of benzene rings is 2. The third-order valence-corrected chi connectivity index (χ3v) is 3.48. The van der Waals surface area contributed by atoms with Gasteiger partial charge in [0.1, 0.15) is 5.75 Å². The lowest BCUT2D eigenvalue weighted by Crippen LogP contribution is -2.24. The van der Waals surface area contributed by atoms with Gasteiger partial charge in [-0.3, -0.25) is 4.79 Å². The second-order valence-corrected chi connectivity index (χ2v) is 4.89. The summed E-state index contributed by atoms with van der Waals surface area (Å²) in [4.78, 5) is 12.0. The Morgan fingerprint density at radius 1 is 1.05 bits per heavy atom. The van der Waals surface area contributed by atoms with Crippen molar-refractivity contribution in [3.8, 4) is 5.75 Å². The van der Waals surface area contributed by atoms with Gasteiger partial charge in [-0.25, -0.2) is 0 Å². The molecule has 0 radical (unpaired) electrons. The molecule has 0 aliphatic heterocycles. The lowest BCUT2D eigenvalue weighted by molar-refractivity contribution is -0.121. The van der Waals surface area contributed by atoms with Crippen molar-refractivity contribution in [2.24, 2.45) is 0 Å². The van der Waals surface area contributed by atoms with E-state index in [9.17, 15) is 4.79 Å². The third-order valence-electron chi connectivity index (χ3n) is 3.48. The first-order chi connectivity index (χ1) is 10.2.